The van der Waals surface area contributed by atoms with Gasteiger partial charge in [-0.2, -0.15) is 0 Å². The van der Waals surface area contributed by atoms with Gasteiger partial charge in [0.25, 0.3) is 0 Å². The van der Waals surface area contributed by atoms with Gasteiger partial charge in [0.15, 0.2) is 0 Å². The lowest BCUT2D eigenvalue weighted by molar-refractivity contribution is 0.402. The monoisotopic (exact) mass is 340 g/mol. The van der Waals surface area contributed by atoms with Crippen LogP contribution in [0.2, 0.25) is 0 Å². The van der Waals surface area contributed by atoms with Crippen LogP contribution in [0.4, 0.5) is 0 Å². The molecule has 130 valence electrons. The summed E-state index contributed by atoms with van der Waals surface area (Å²) in [5, 5.41) is 11.2. The molecule has 3 aromatic rings. The average Bonchev–Trinajstić information content (AvgIpc) is 2.59. The number of fused-ring (bicyclic) bond motifs is 2. The molecule has 0 spiro atoms. The largest absolute Gasteiger partial charge is 0.507 e. The zero-order valence-electron chi connectivity index (χ0n) is 14.7. The molecule has 2 aromatic carbocycles. The predicted octanol–water partition coefficient (Wildman–Crippen LogP) is 4.18. The summed E-state index contributed by atoms with van der Waals surface area (Å²) in [4.78, 5) is 13.0. The van der Waals surface area contributed by atoms with Crippen molar-refractivity contribution in [3.8, 4) is 17.2 Å². The molecule has 0 radical (unpaired) electrons. The number of phenols is 1. The number of methoxy groups -OCH3 is 2. The molecule has 1 aromatic heterocycles. The zero-order chi connectivity index (χ0) is 18.1. The van der Waals surface area contributed by atoms with E-state index in [0.717, 1.165) is 5.57 Å². The van der Waals surface area contributed by atoms with Crippen LogP contribution in [0, 0.1) is 0 Å². The van der Waals surface area contributed by atoms with E-state index in [4.69, 9.17) is 13.9 Å². The van der Waals surface area contributed by atoms with Crippen molar-refractivity contribution in [3.05, 3.63) is 51.7 Å². The highest BCUT2D eigenvalue weighted by atomic mass is 16.5. The summed E-state index contributed by atoms with van der Waals surface area (Å²) in [6.07, 6.45) is 2.42. The Bertz CT molecular complexity index is 1040. The lowest BCUT2D eigenvalue weighted by Crippen LogP contribution is -2.06. The minimum Gasteiger partial charge on any atom is -0.507 e. The summed E-state index contributed by atoms with van der Waals surface area (Å²) in [6, 6.07) is 6.77. The van der Waals surface area contributed by atoms with Gasteiger partial charge in [0.2, 0.25) is 5.43 Å². The smallest absolute Gasteiger partial charge is 0.208 e. The highest BCUT2D eigenvalue weighted by molar-refractivity contribution is 5.97. The maximum Gasteiger partial charge on any atom is 0.208 e. The maximum absolute atomic E-state index is 13.0. The fraction of sp³-hybridized carbons (Fsp3) is 0.250. The van der Waals surface area contributed by atoms with Gasteiger partial charge >= 0.3 is 0 Å². The molecule has 5 nitrogen and oxygen atoms in total. The third-order valence-electron chi connectivity index (χ3n) is 4.14. The molecule has 25 heavy (non-hydrogen) atoms. The summed E-state index contributed by atoms with van der Waals surface area (Å²) < 4.78 is 16.5. The minimum absolute atomic E-state index is 0.117. The second-order valence-corrected chi connectivity index (χ2v) is 6.03. The minimum atomic E-state index is -0.327. The lowest BCUT2D eigenvalue weighted by Gasteiger charge is -2.13. The van der Waals surface area contributed by atoms with Crippen LogP contribution in [0.1, 0.15) is 19.4 Å². The van der Waals surface area contributed by atoms with E-state index in [2.05, 4.69) is 0 Å². The van der Waals surface area contributed by atoms with Crippen LogP contribution in [0.5, 0.6) is 17.2 Å². The van der Waals surface area contributed by atoms with Crippen LogP contribution in [-0.4, -0.2) is 19.3 Å². The fourth-order valence-electron chi connectivity index (χ4n) is 2.88. The van der Waals surface area contributed by atoms with Crippen LogP contribution in [0.3, 0.4) is 0 Å². The van der Waals surface area contributed by atoms with E-state index >= 15 is 0 Å². The highest BCUT2D eigenvalue weighted by Crippen LogP contribution is 2.37. The summed E-state index contributed by atoms with van der Waals surface area (Å²) in [5.41, 5.74) is 2.01. The zero-order valence-corrected chi connectivity index (χ0v) is 14.7. The van der Waals surface area contributed by atoms with E-state index in [1.54, 1.807) is 24.3 Å². The van der Waals surface area contributed by atoms with Gasteiger partial charge in [-0.25, -0.2) is 0 Å². The molecule has 0 aliphatic carbocycles. The number of aromatic hydroxyl groups is 1. The van der Waals surface area contributed by atoms with Gasteiger partial charge in [0, 0.05) is 11.6 Å². The van der Waals surface area contributed by atoms with Crippen molar-refractivity contribution in [1.82, 2.24) is 0 Å². The summed E-state index contributed by atoms with van der Waals surface area (Å²) in [6.45, 7) is 3.94. The molecule has 0 atom stereocenters. The molecule has 3 rings (SSSR count). The van der Waals surface area contributed by atoms with Crippen LogP contribution < -0.4 is 14.9 Å². The van der Waals surface area contributed by atoms with Gasteiger partial charge in [0.1, 0.15) is 39.2 Å². The highest BCUT2D eigenvalue weighted by Gasteiger charge is 2.20. The van der Waals surface area contributed by atoms with Crippen LogP contribution in [0.15, 0.2) is 45.1 Å². The second kappa shape index (κ2) is 6.51. The number of hydrogen-bond acceptors (Lipinski definition) is 5. The molecule has 0 saturated carbocycles. The predicted molar refractivity (Wildman–Crippen MR) is 97.9 cm³/mol. The summed E-state index contributed by atoms with van der Waals surface area (Å²) in [5.74, 6) is 0.774. The molecule has 0 unspecified atom stereocenters. The Labute approximate surface area is 145 Å². The summed E-state index contributed by atoms with van der Waals surface area (Å²) >= 11 is 0. The van der Waals surface area contributed by atoms with Crippen molar-refractivity contribution in [3.63, 3.8) is 0 Å². The van der Waals surface area contributed by atoms with Crippen LogP contribution in [0.25, 0.3) is 21.9 Å². The first-order valence-corrected chi connectivity index (χ1v) is 7.93. The van der Waals surface area contributed by atoms with Gasteiger partial charge in [-0.15, -0.1) is 0 Å². The lowest BCUT2D eigenvalue weighted by atomic mass is 10.0. The Hall–Kier alpha value is -2.95. The molecular formula is C20H20O5. The quantitative estimate of drug-likeness (QED) is 0.570. The van der Waals surface area contributed by atoms with E-state index in [1.165, 1.54) is 14.2 Å². The van der Waals surface area contributed by atoms with Gasteiger partial charge < -0.3 is 19.0 Å². The molecular weight excluding hydrogens is 320 g/mol. The molecule has 1 N–H and O–H groups in total. The Morgan fingerprint density at radius 3 is 2.48 bits per heavy atom. The number of hydrogen-bond donors (Lipinski definition) is 1. The second-order valence-electron chi connectivity index (χ2n) is 6.03. The number of allylic oxidation sites excluding steroid dienone is 2. The standard InChI is InChI=1S/C20H20O5/c1-11(2)8-9-12-15(24-4)10-16-18(19(12)21)20(22)17-13(23-3)6-5-7-14(17)25-16/h5-8,10,21H,9H2,1-4H3. The molecule has 5 heteroatoms. The number of phenolic OH excluding ortho intramolecular Hbond substituents is 1. The number of rotatable bonds is 4. The van der Waals surface area contributed by atoms with Crippen molar-refractivity contribution in [2.24, 2.45) is 0 Å². The first-order valence-electron chi connectivity index (χ1n) is 7.93. The van der Waals surface area contributed by atoms with E-state index < -0.39 is 0 Å². The van der Waals surface area contributed by atoms with E-state index in [1.807, 2.05) is 19.9 Å². The molecule has 0 amide bonds. The first kappa shape index (κ1) is 16.9. The SMILES string of the molecule is COc1cc2oc3cccc(OC)c3c(=O)c2c(O)c1CC=C(C)C. The van der Waals surface area contributed by atoms with Crippen molar-refractivity contribution in [2.75, 3.05) is 14.2 Å². The molecule has 0 bridgehead atoms. The molecule has 0 saturated heterocycles. The Balaban J connectivity index is 2.43. The first-order chi connectivity index (χ1) is 12.0. The van der Waals surface area contributed by atoms with Crippen molar-refractivity contribution in [2.45, 2.75) is 20.3 Å². The van der Waals surface area contributed by atoms with E-state index in [9.17, 15) is 9.90 Å². The Kier molecular flexibility index (Phi) is 4.40. The van der Waals surface area contributed by atoms with Gasteiger partial charge in [-0.1, -0.05) is 17.7 Å². The topological polar surface area (TPSA) is 68.9 Å². The fourth-order valence-corrected chi connectivity index (χ4v) is 2.88. The normalized spacial score (nSPS) is 10.9. The third-order valence-corrected chi connectivity index (χ3v) is 4.14. The Morgan fingerprint density at radius 2 is 1.84 bits per heavy atom. The average molecular weight is 340 g/mol. The number of benzene rings is 2. The van der Waals surface area contributed by atoms with Crippen molar-refractivity contribution < 1.29 is 19.0 Å². The van der Waals surface area contributed by atoms with Gasteiger partial charge in [0.05, 0.1) is 14.2 Å². The van der Waals surface area contributed by atoms with E-state index in [0.29, 0.717) is 34.5 Å². The maximum atomic E-state index is 13.0. The van der Waals surface area contributed by atoms with Crippen LogP contribution in [-0.2, 0) is 6.42 Å². The van der Waals surface area contributed by atoms with Gasteiger partial charge in [-0.3, -0.25) is 4.79 Å². The van der Waals surface area contributed by atoms with Crippen molar-refractivity contribution in [1.29, 1.82) is 0 Å². The molecule has 0 aliphatic heterocycles. The van der Waals surface area contributed by atoms with Crippen molar-refractivity contribution >= 4 is 21.9 Å². The molecule has 0 aliphatic rings. The van der Waals surface area contributed by atoms with E-state index in [-0.39, 0.29) is 22.1 Å². The summed E-state index contributed by atoms with van der Waals surface area (Å²) in [7, 11) is 3.02. The number of ether oxygens (including phenoxy) is 2. The van der Waals surface area contributed by atoms with Crippen LogP contribution >= 0.6 is 0 Å². The molecule has 1 heterocycles. The Morgan fingerprint density at radius 1 is 1.12 bits per heavy atom. The molecule has 0 fully saturated rings. The third kappa shape index (κ3) is 2.82. The van der Waals surface area contributed by atoms with Gasteiger partial charge in [-0.05, 0) is 32.4 Å².